The maximum atomic E-state index is 6.22. The van der Waals surface area contributed by atoms with Gasteiger partial charge in [-0.05, 0) is 25.1 Å². The van der Waals surface area contributed by atoms with Crippen LogP contribution in [0.3, 0.4) is 0 Å². The van der Waals surface area contributed by atoms with Crippen molar-refractivity contribution >= 4 is 29.0 Å². The van der Waals surface area contributed by atoms with Crippen molar-refractivity contribution in [3.8, 4) is 17.0 Å². The van der Waals surface area contributed by atoms with Crippen LogP contribution in [0.4, 0.5) is 5.82 Å². The first-order chi connectivity index (χ1) is 9.15. The molecule has 0 aliphatic heterocycles. The highest BCUT2D eigenvalue weighted by atomic mass is 35.5. The minimum absolute atomic E-state index is 0.512. The Morgan fingerprint density at radius 3 is 2.68 bits per heavy atom. The molecule has 0 amide bonds. The molecule has 5 heteroatoms. The number of pyridine rings is 1. The Morgan fingerprint density at radius 1 is 1.21 bits per heavy atom. The SMILES string of the molecule is CCNc1nc(-c2cccc(OC)c2)c(Cl)cc1Cl. The van der Waals surface area contributed by atoms with E-state index in [1.165, 1.54) is 0 Å². The summed E-state index contributed by atoms with van der Waals surface area (Å²) >= 11 is 12.3. The molecule has 0 aliphatic carbocycles. The molecule has 19 heavy (non-hydrogen) atoms. The van der Waals surface area contributed by atoms with Gasteiger partial charge in [-0.2, -0.15) is 0 Å². The summed E-state index contributed by atoms with van der Waals surface area (Å²) in [6, 6.07) is 9.29. The Bertz CT molecular complexity index is 588. The lowest BCUT2D eigenvalue weighted by atomic mass is 10.1. The highest BCUT2D eigenvalue weighted by Crippen LogP contribution is 2.33. The van der Waals surface area contributed by atoms with Crippen LogP contribution in [0.15, 0.2) is 30.3 Å². The standard InChI is InChI=1S/C14H14Cl2N2O/c1-3-17-14-12(16)8-11(15)13(18-14)9-5-4-6-10(7-9)19-2/h4-8H,3H2,1-2H3,(H,17,18). The molecule has 3 nitrogen and oxygen atoms in total. The van der Waals surface area contributed by atoms with Gasteiger partial charge in [0, 0.05) is 12.1 Å². The maximum absolute atomic E-state index is 6.22. The van der Waals surface area contributed by atoms with Gasteiger partial charge in [0.1, 0.15) is 11.6 Å². The number of hydrogen-bond acceptors (Lipinski definition) is 3. The van der Waals surface area contributed by atoms with Gasteiger partial charge in [0.25, 0.3) is 0 Å². The van der Waals surface area contributed by atoms with Crippen molar-refractivity contribution in [1.82, 2.24) is 4.98 Å². The molecule has 0 atom stereocenters. The van der Waals surface area contributed by atoms with Gasteiger partial charge in [0.15, 0.2) is 0 Å². The van der Waals surface area contributed by atoms with Crippen molar-refractivity contribution in [2.45, 2.75) is 6.92 Å². The van der Waals surface area contributed by atoms with Gasteiger partial charge in [-0.25, -0.2) is 4.98 Å². The Labute approximate surface area is 122 Å². The maximum Gasteiger partial charge on any atom is 0.145 e. The molecule has 2 rings (SSSR count). The van der Waals surface area contributed by atoms with Gasteiger partial charge in [0.2, 0.25) is 0 Å². The van der Waals surface area contributed by atoms with Crippen LogP contribution in [-0.2, 0) is 0 Å². The largest absolute Gasteiger partial charge is 0.497 e. The predicted octanol–water partition coefficient (Wildman–Crippen LogP) is 4.50. The number of methoxy groups -OCH3 is 1. The smallest absolute Gasteiger partial charge is 0.145 e. The van der Waals surface area contributed by atoms with E-state index in [1.54, 1.807) is 13.2 Å². The number of halogens is 2. The average molecular weight is 297 g/mol. The van der Waals surface area contributed by atoms with Crippen LogP contribution in [-0.4, -0.2) is 18.6 Å². The normalized spacial score (nSPS) is 10.3. The topological polar surface area (TPSA) is 34.2 Å². The van der Waals surface area contributed by atoms with Crippen LogP contribution in [0.25, 0.3) is 11.3 Å². The molecule has 1 N–H and O–H groups in total. The van der Waals surface area contributed by atoms with Crippen LogP contribution in [0.5, 0.6) is 5.75 Å². The number of ether oxygens (including phenoxy) is 1. The fraction of sp³-hybridized carbons (Fsp3) is 0.214. The third-order valence-corrected chi connectivity index (χ3v) is 3.19. The van der Waals surface area contributed by atoms with E-state index >= 15 is 0 Å². The second kappa shape index (κ2) is 6.13. The third-order valence-electron chi connectivity index (χ3n) is 2.62. The Balaban J connectivity index is 2.51. The number of anilines is 1. The van der Waals surface area contributed by atoms with E-state index in [2.05, 4.69) is 10.3 Å². The molecule has 0 aliphatic rings. The number of rotatable bonds is 4. The zero-order valence-electron chi connectivity index (χ0n) is 10.7. The molecule has 0 bridgehead atoms. The quantitative estimate of drug-likeness (QED) is 0.902. The molecule has 1 aromatic heterocycles. The summed E-state index contributed by atoms with van der Waals surface area (Å²) in [5.74, 6) is 1.39. The zero-order chi connectivity index (χ0) is 13.8. The lowest BCUT2D eigenvalue weighted by molar-refractivity contribution is 0.415. The summed E-state index contributed by atoms with van der Waals surface area (Å²) in [4.78, 5) is 4.48. The molecular weight excluding hydrogens is 283 g/mol. The average Bonchev–Trinajstić information content (AvgIpc) is 2.42. The number of nitrogens with one attached hydrogen (secondary N) is 1. The van der Waals surface area contributed by atoms with Gasteiger partial charge in [0.05, 0.1) is 22.8 Å². The molecule has 100 valence electrons. The molecule has 0 fully saturated rings. The van der Waals surface area contributed by atoms with E-state index in [4.69, 9.17) is 27.9 Å². The van der Waals surface area contributed by atoms with Gasteiger partial charge in [-0.3, -0.25) is 0 Å². The van der Waals surface area contributed by atoms with E-state index in [-0.39, 0.29) is 0 Å². The molecular formula is C14H14Cl2N2O. The lowest BCUT2D eigenvalue weighted by Crippen LogP contribution is -2.01. The zero-order valence-corrected chi connectivity index (χ0v) is 12.2. The van der Waals surface area contributed by atoms with E-state index in [0.29, 0.717) is 21.6 Å². The summed E-state index contributed by atoms with van der Waals surface area (Å²) in [5.41, 5.74) is 1.57. The van der Waals surface area contributed by atoms with Gasteiger partial charge in [-0.15, -0.1) is 0 Å². The number of hydrogen-bond donors (Lipinski definition) is 1. The first-order valence-electron chi connectivity index (χ1n) is 5.90. The van der Waals surface area contributed by atoms with Crippen molar-refractivity contribution in [3.63, 3.8) is 0 Å². The van der Waals surface area contributed by atoms with Crippen LogP contribution >= 0.6 is 23.2 Å². The van der Waals surface area contributed by atoms with Crippen LogP contribution in [0.2, 0.25) is 10.0 Å². The predicted molar refractivity (Wildman–Crippen MR) is 80.4 cm³/mol. The van der Waals surface area contributed by atoms with E-state index in [1.807, 2.05) is 31.2 Å². The lowest BCUT2D eigenvalue weighted by Gasteiger charge is -2.10. The minimum Gasteiger partial charge on any atom is -0.497 e. The van der Waals surface area contributed by atoms with Crippen molar-refractivity contribution in [2.75, 3.05) is 19.0 Å². The second-order valence-corrected chi connectivity index (χ2v) is 4.73. The van der Waals surface area contributed by atoms with Crippen LogP contribution in [0.1, 0.15) is 6.92 Å². The van der Waals surface area contributed by atoms with E-state index in [0.717, 1.165) is 17.9 Å². The highest BCUT2D eigenvalue weighted by molar-refractivity contribution is 6.37. The molecule has 1 heterocycles. The van der Waals surface area contributed by atoms with E-state index in [9.17, 15) is 0 Å². The number of benzene rings is 1. The van der Waals surface area contributed by atoms with Gasteiger partial charge >= 0.3 is 0 Å². The second-order valence-electron chi connectivity index (χ2n) is 3.91. The molecule has 2 aromatic rings. The summed E-state index contributed by atoms with van der Waals surface area (Å²) in [6.45, 7) is 2.73. The molecule has 1 aromatic carbocycles. The summed E-state index contributed by atoms with van der Waals surface area (Å²) in [6.07, 6.45) is 0. The van der Waals surface area contributed by atoms with Crippen LogP contribution < -0.4 is 10.1 Å². The molecule has 0 unspecified atom stereocenters. The number of aromatic nitrogens is 1. The first kappa shape index (κ1) is 14.0. The van der Waals surface area contributed by atoms with Gasteiger partial charge in [-0.1, -0.05) is 35.3 Å². The highest BCUT2D eigenvalue weighted by Gasteiger charge is 2.11. The van der Waals surface area contributed by atoms with Crippen molar-refractivity contribution in [1.29, 1.82) is 0 Å². The fourth-order valence-electron chi connectivity index (χ4n) is 1.73. The summed E-state index contributed by atoms with van der Waals surface area (Å²) in [7, 11) is 1.63. The van der Waals surface area contributed by atoms with Crippen molar-refractivity contribution in [2.24, 2.45) is 0 Å². The monoisotopic (exact) mass is 296 g/mol. The van der Waals surface area contributed by atoms with Gasteiger partial charge < -0.3 is 10.1 Å². The van der Waals surface area contributed by atoms with Crippen molar-refractivity contribution < 1.29 is 4.74 Å². The Hall–Kier alpha value is -1.45. The molecule has 0 spiro atoms. The summed E-state index contributed by atoms with van der Waals surface area (Å²) < 4.78 is 5.21. The minimum atomic E-state index is 0.512. The summed E-state index contributed by atoms with van der Waals surface area (Å²) in [5, 5.41) is 4.14. The number of nitrogens with zero attached hydrogens (tertiary/aromatic N) is 1. The van der Waals surface area contributed by atoms with Crippen molar-refractivity contribution in [3.05, 3.63) is 40.4 Å². The Morgan fingerprint density at radius 2 is 2.00 bits per heavy atom. The molecule has 0 saturated heterocycles. The molecule has 0 radical (unpaired) electrons. The van der Waals surface area contributed by atoms with Crippen LogP contribution in [0, 0.1) is 0 Å². The first-order valence-corrected chi connectivity index (χ1v) is 6.65. The molecule has 0 saturated carbocycles. The fourth-order valence-corrected chi connectivity index (χ4v) is 2.27. The Kier molecular flexibility index (Phi) is 4.51. The third kappa shape index (κ3) is 3.11. The van der Waals surface area contributed by atoms with E-state index < -0.39 is 0 Å².